The maximum Gasteiger partial charge on any atom is 0.325 e. The number of aromatic nitrogens is 2. The molecule has 0 aliphatic rings. The molecule has 2 aromatic rings. The van der Waals surface area contributed by atoms with Gasteiger partial charge in [0, 0.05) is 18.3 Å². The lowest BCUT2D eigenvalue weighted by atomic mass is 10.2. The average molecular weight is 325 g/mol. The molecule has 0 saturated heterocycles. The van der Waals surface area contributed by atoms with Gasteiger partial charge >= 0.3 is 5.97 Å². The zero-order chi connectivity index (χ0) is 16.3. The number of nitro benzene ring substituents is 1. The Bertz CT molecular complexity index is 758. The lowest BCUT2D eigenvalue weighted by Gasteiger charge is -2.08. The molecule has 22 heavy (non-hydrogen) atoms. The topological polar surface area (TPSA) is 127 Å². The minimum Gasteiger partial charge on any atom is -0.480 e. The van der Waals surface area contributed by atoms with E-state index in [4.69, 9.17) is 16.7 Å². The molecule has 114 valence electrons. The van der Waals surface area contributed by atoms with Crippen molar-refractivity contribution in [2.45, 2.75) is 6.54 Å². The second-order valence-corrected chi connectivity index (χ2v) is 4.55. The number of non-ortho nitro benzene ring substituents is 1. The van der Waals surface area contributed by atoms with Crippen LogP contribution < -0.4 is 5.32 Å². The van der Waals surface area contributed by atoms with Gasteiger partial charge in [-0.1, -0.05) is 11.6 Å². The number of carbonyl (C=O) groups excluding carboxylic acids is 1. The summed E-state index contributed by atoms with van der Waals surface area (Å²) in [5.74, 6) is -1.78. The van der Waals surface area contributed by atoms with Crippen molar-refractivity contribution >= 4 is 34.9 Å². The Morgan fingerprint density at radius 3 is 2.73 bits per heavy atom. The first-order valence-corrected chi connectivity index (χ1v) is 6.25. The molecule has 0 radical (unpaired) electrons. The molecule has 9 nitrogen and oxygen atoms in total. The van der Waals surface area contributed by atoms with Crippen LogP contribution in [-0.4, -0.2) is 31.7 Å². The van der Waals surface area contributed by atoms with E-state index < -0.39 is 23.3 Å². The number of nitro groups is 1. The number of anilines is 1. The number of nitrogens with zero attached hydrogens (tertiary/aromatic N) is 3. The third-order valence-corrected chi connectivity index (χ3v) is 2.96. The van der Waals surface area contributed by atoms with E-state index in [9.17, 15) is 19.7 Å². The molecule has 10 heteroatoms. The number of hydrogen-bond acceptors (Lipinski definition) is 5. The van der Waals surface area contributed by atoms with Crippen LogP contribution in [0.1, 0.15) is 10.5 Å². The summed E-state index contributed by atoms with van der Waals surface area (Å²) in [4.78, 5) is 32.8. The van der Waals surface area contributed by atoms with Gasteiger partial charge in [0.05, 0.1) is 15.6 Å². The van der Waals surface area contributed by atoms with Gasteiger partial charge in [-0.2, -0.15) is 5.10 Å². The Labute approximate surface area is 128 Å². The number of hydrogen-bond donors (Lipinski definition) is 2. The number of rotatable bonds is 5. The third kappa shape index (κ3) is 3.38. The van der Waals surface area contributed by atoms with Gasteiger partial charge < -0.3 is 10.4 Å². The second-order valence-electron chi connectivity index (χ2n) is 4.14. The van der Waals surface area contributed by atoms with Crippen molar-refractivity contribution in [2.24, 2.45) is 0 Å². The Morgan fingerprint density at radius 2 is 2.14 bits per heavy atom. The first kappa shape index (κ1) is 15.4. The van der Waals surface area contributed by atoms with Crippen molar-refractivity contribution in [1.82, 2.24) is 9.78 Å². The van der Waals surface area contributed by atoms with Crippen molar-refractivity contribution in [1.29, 1.82) is 0 Å². The smallest absolute Gasteiger partial charge is 0.325 e. The van der Waals surface area contributed by atoms with Gasteiger partial charge in [-0.3, -0.25) is 19.7 Å². The fraction of sp³-hybridized carbons (Fsp3) is 0.0833. The number of carboxylic acid groups (broad SMARTS) is 1. The van der Waals surface area contributed by atoms with E-state index in [1.807, 2.05) is 0 Å². The summed E-state index contributed by atoms with van der Waals surface area (Å²) in [5.41, 5.74) is -0.0175. The summed E-state index contributed by atoms with van der Waals surface area (Å²) < 4.78 is 1.01. The molecule has 2 rings (SSSR count). The zero-order valence-electron chi connectivity index (χ0n) is 10.9. The number of nitrogens with one attached hydrogen (secondary N) is 1. The molecule has 1 amide bonds. The molecule has 0 fully saturated rings. The monoisotopic (exact) mass is 324 g/mol. The average Bonchev–Trinajstić information content (AvgIpc) is 2.88. The largest absolute Gasteiger partial charge is 0.480 e. The summed E-state index contributed by atoms with van der Waals surface area (Å²) in [5, 5.41) is 25.5. The molecule has 0 spiro atoms. The van der Waals surface area contributed by atoms with Crippen molar-refractivity contribution in [3.8, 4) is 0 Å². The molecule has 0 atom stereocenters. The van der Waals surface area contributed by atoms with E-state index in [1.54, 1.807) is 0 Å². The number of amides is 1. The van der Waals surface area contributed by atoms with Crippen LogP contribution in [0.4, 0.5) is 11.4 Å². The minimum absolute atomic E-state index is 0.00755. The molecule has 1 aromatic carbocycles. The molecule has 1 aromatic heterocycles. The van der Waals surface area contributed by atoms with Crippen LogP contribution in [0.15, 0.2) is 30.5 Å². The molecule has 0 bridgehead atoms. The Kier molecular flexibility index (Phi) is 4.37. The second kappa shape index (κ2) is 6.22. The fourth-order valence-corrected chi connectivity index (χ4v) is 1.91. The van der Waals surface area contributed by atoms with Gasteiger partial charge in [-0.15, -0.1) is 0 Å². The van der Waals surface area contributed by atoms with Crippen LogP contribution >= 0.6 is 11.6 Å². The Balaban J connectivity index is 2.21. The summed E-state index contributed by atoms with van der Waals surface area (Å²) in [7, 11) is 0. The van der Waals surface area contributed by atoms with Crippen LogP contribution in [-0.2, 0) is 11.3 Å². The lowest BCUT2D eigenvalue weighted by Crippen LogP contribution is -2.20. The predicted octanol–water partition coefficient (Wildman–Crippen LogP) is 1.78. The molecule has 1 heterocycles. The molecular weight excluding hydrogens is 316 g/mol. The first-order chi connectivity index (χ1) is 10.4. The highest BCUT2D eigenvalue weighted by molar-refractivity contribution is 6.34. The summed E-state index contributed by atoms with van der Waals surface area (Å²) >= 11 is 5.87. The van der Waals surface area contributed by atoms with E-state index in [1.165, 1.54) is 24.4 Å². The SMILES string of the molecule is O=C(O)Cn1nccc1C(=O)Nc1ccc([N+](=O)[O-])cc1Cl. The molecule has 0 saturated carbocycles. The van der Waals surface area contributed by atoms with Gasteiger partial charge in [-0.25, -0.2) is 4.68 Å². The van der Waals surface area contributed by atoms with E-state index in [0.717, 1.165) is 10.7 Å². The number of carboxylic acids is 1. The van der Waals surface area contributed by atoms with Gasteiger partial charge in [-0.05, 0) is 12.1 Å². The van der Waals surface area contributed by atoms with Crippen molar-refractivity contribution < 1.29 is 19.6 Å². The highest BCUT2D eigenvalue weighted by Gasteiger charge is 2.16. The summed E-state index contributed by atoms with van der Waals surface area (Å²) in [6.45, 7) is -0.469. The quantitative estimate of drug-likeness (QED) is 0.637. The van der Waals surface area contributed by atoms with Crippen LogP contribution in [0.5, 0.6) is 0 Å². The Hall–Kier alpha value is -2.94. The van der Waals surface area contributed by atoms with Crippen molar-refractivity contribution in [2.75, 3.05) is 5.32 Å². The molecule has 0 aliphatic heterocycles. The van der Waals surface area contributed by atoms with Crippen LogP contribution in [0.2, 0.25) is 5.02 Å². The first-order valence-electron chi connectivity index (χ1n) is 5.87. The van der Waals surface area contributed by atoms with Crippen molar-refractivity contribution in [3.63, 3.8) is 0 Å². The Morgan fingerprint density at radius 1 is 1.41 bits per heavy atom. The third-order valence-electron chi connectivity index (χ3n) is 2.65. The molecule has 0 aliphatic carbocycles. The zero-order valence-corrected chi connectivity index (χ0v) is 11.6. The highest BCUT2D eigenvalue weighted by atomic mass is 35.5. The minimum atomic E-state index is -1.15. The number of carbonyl (C=O) groups is 2. The molecular formula is C12H9ClN4O5. The molecule has 0 unspecified atom stereocenters. The van der Waals surface area contributed by atoms with Crippen molar-refractivity contribution in [3.05, 3.63) is 51.3 Å². The summed E-state index contributed by atoms with van der Waals surface area (Å²) in [6, 6.07) is 4.93. The maximum atomic E-state index is 12.1. The van der Waals surface area contributed by atoms with Gasteiger partial charge in [0.15, 0.2) is 0 Å². The highest BCUT2D eigenvalue weighted by Crippen LogP contribution is 2.26. The standard InChI is InChI=1S/C12H9ClN4O5/c13-8-5-7(17(21)22)1-2-9(8)15-12(20)10-3-4-14-16(10)6-11(18)19/h1-5H,6H2,(H,15,20)(H,18,19). The maximum absolute atomic E-state index is 12.1. The van der Waals surface area contributed by atoms with Crippen LogP contribution in [0.3, 0.4) is 0 Å². The predicted molar refractivity (Wildman–Crippen MR) is 75.9 cm³/mol. The van der Waals surface area contributed by atoms with E-state index in [0.29, 0.717) is 0 Å². The fourth-order valence-electron chi connectivity index (χ4n) is 1.68. The van der Waals surface area contributed by atoms with E-state index >= 15 is 0 Å². The van der Waals surface area contributed by atoms with E-state index in [2.05, 4.69) is 10.4 Å². The van der Waals surface area contributed by atoms with Crippen LogP contribution in [0, 0.1) is 10.1 Å². The van der Waals surface area contributed by atoms with Crippen LogP contribution in [0.25, 0.3) is 0 Å². The lowest BCUT2D eigenvalue weighted by molar-refractivity contribution is -0.384. The van der Waals surface area contributed by atoms with Gasteiger partial charge in [0.1, 0.15) is 12.2 Å². The van der Waals surface area contributed by atoms with Gasteiger partial charge in [0.2, 0.25) is 0 Å². The number of aliphatic carboxylic acids is 1. The number of benzene rings is 1. The molecule has 2 N–H and O–H groups in total. The van der Waals surface area contributed by atoms with E-state index in [-0.39, 0.29) is 22.1 Å². The summed E-state index contributed by atoms with van der Waals surface area (Å²) in [6.07, 6.45) is 1.29. The normalized spacial score (nSPS) is 10.2. The van der Waals surface area contributed by atoms with Gasteiger partial charge in [0.25, 0.3) is 11.6 Å². The number of halogens is 1.